The van der Waals surface area contributed by atoms with E-state index in [-0.39, 0.29) is 6.29 Å². The Hall–Kier alpha value is -0.160. The van der Waals surface area contributed by atoms with E-state index in [0.717, 1.165) is 32.2 Å². The van der Waals surface area contributed by atoms with Gasteiger partial charge in [-0.05, 0) is 25.8 Å². The van der Waals surface area contributed by atoms with Gasteiger partial charge in [0.05, 0.1) is 0 Å². The predicted octanol–water partition coefficient (Wildman–Crippen LogP) is 0.810. The van der Waals surface area contributed by atoms with Crippen molar-refractivity contribution in [1.82, 2.24) is 0 Å². The Morgan fingerprint density at radius 2 is 1.83 bits per heavy atom. The average Bonchev–Trinajstić information content (AvgIpc) is 2.14. The molecule has 4 heteroatoms. The van der Waals surface area contributed by atoms with E-state index in [0.29, 0.717) is 13.6 Å². The second kappa shape index (κ2) is 6.37. The second-order valence-corrected chi connectivity index (χ2v) is 2.84. The molecule has 1 aliphatic rings. The van der Waals surface area contributed by atoms with Crippen LogP contribution in [0.4, 0.5) is 0 Å². The summed E-state index contributed by atoms with van der Waals surface area (Å²) in [5, 5.41) is 0. The van der Waals surface area contributed by atoms with Crippen LogP contribution in [0.1, 0.15) is 25.7 Å². The van der Waals surface area contributed by atoms with Crippen molar-refractivity contribution in [3.8, 4) is 0 Å². The minimum atomic E-state index is -0.0588. The molecule has 4 nitrogen and oxygen atoms in total. The highest BCUT2D eigenvalue weighted by molar-refractivity contribution is 4.48. The van der Waals surface area contributed by atoms with E-state index in [2.05, 4.69) is 0 Å². The number of nitrogens with two attached hydrogens (primary N) is 1. The molecule has 0 saturated carbocycles. The lowest BCUT2D eigenvalue weighted by atomic mass is 10.2. The summed E-state index contributed by atoms with van der Waals surface area (Å²) in [5.41, 5.74) is 5.37. The zero-order valence-electron chi connectivity index (χ0n) is 7.33. The standard InChI is InChI=1S/C8H17NO3/c9-5-3-1-2-4-8-11-6-10-7-12-8/h8H,1-7,9H2. The number of hydrogen-bond acceptors (Lipinski definition) is 4. The molecule has 1 rings (SSSR count). The fourth-order valence-electron chi connectivity index (χ4n) is 1.13. The van der Waals surface area contributed by atoms with Crippen LogP contribution in [0, 0.1) is 0 Å². The number of unbranched alkanes of at least 4 members (excludes halogenated alkanes) is 2. The number of ether oxygens (including phenoxy) is 3. The molecule has 0 aromatic carbocycles. The SMILES string of the molecule is NCCCCCC1OCOCO1. The maximum atomic E-state index is 5.37. The Morgan fingerprint density at radius 3 is 2.50 bits per heavy atom. The molecule has 1 heterocycles. The van der Waals surface area contributed by atoms with Crippen LogP contribution in [-0.4, -0.2) is 26.4 Å². The van der Waals surface area contributed by atoms with E-state index in [9.17, 15) is 0 Å². The first kappa shape index (κ1) is 9.92. The molecule has 0 spiro atoms. The predicted molar refractivity (Wildman–Crippen MR) is 44.3 cm³/mol. The highest BCUT2D eigenvalue weighted by Gasteiger charge is 2.12. The molecule has 0 atom stereocenters. The summed E-state index contributed by atoms with van der Waals surface area (Å²) in [6, 6.07) is 0. The Bertz CT molecular complexity index is 104. The lowest BCUT2D eigenvalue weighted by molar-refractivity contribution is -0.300. The monoisotopic (exact) mass is 175 g/mol. The van der Waals surface area contributed by atoms with Crippen molar-refractivity contribution >= 4 is 0 Å². The van der Waals surface area contributed by atoms with Gasteiger partial charge in [-0.15, -0.1) is 0 Å². The van der Waals surface area contributed by atoms with E-state index in [1.165, 1.54) is 0 Å². The molecule has 72 valence electrons. The van der Waals surface area contributed by atoms with Gasteiger partial charge in [0.15, 0.2) is 19.9 Å². The van der Waals surface area contributed by atoms with Crippen molar-refractivity contribution in [2.24, 2.45) is 5.73 Å². The molecular formula is C8H17NO3. The lowest BCUT2D eigenvalue weighted by Crippen LogP contribution is -2.26. The number of hydrogen-bond donors (Lipinski definition) is 1. The first-order chi connectivity index (χ1) is 5.93. The van der Waals surface area contributed by atoms with Crippen molar-refractivity contribution in [2.45, 2.75) is 32.0 Å². The molecule has 0 amide bonds. The molecule has 0 unspecified atom stereocenters. The Morgan fingerprint density at radius 1 is 1.08 bits per heavy atom. The van der Waals surface area contributed by atoms with Gasteiger partial charge in [-0.25, -0.2) is 0 Å². The van der Waals surface area contributed by atoms with Gasteiger partial charge in [0, 0.05) is 0 Å². The summed E-state index contributed by atoms with van der Waals surface area (Å²) in [7, 11) is 0. The summed E-state index contributed by atoms with van der Waals surface area (Å²) in [6.45, 7) is 1.50. The van der Waals surface area contributed by atoms with Gasteiger partial charge in [0.2, 0.25) is 0 Å². The first-order valence-electron chi connectivity index (χ1n) is 4.44. The maximum Gasteiger partial charge on any atom is 0.163 e. The van der Waals surface area contributed by atoms with Crippen molar-refractivity contribution < 1.29 is 14.2 Å². The summed E-state index contributed by atoms with van der Waals surface area (Å²) >= 11 is 0. The van der Waals surface area contributed by atoms with E-state index >= 15 is 0 Å². The van der Waals surface area contributed by atoms with Gasteiger partial charge in [0.25, 0.3) is 0 Å². The Labute approximate surface area is 73.0 Å². The van der Waals surface area contributed by atoms with Crippen LogP contribution in [-0.2, 0) is 14.2 Å². The molecule has 0 aromatic rings. The molecular weight excluding hydrogens is 158 g/mol. The van der Waals surface area contributed by atoms with Gasteiger partial charge in [-0.1, -0.05) is 6.42 Å². The van der Waals surface area contributed by atoms with Crippen molar-refractivity contribution in [2.75, 3.05) is 20.1 Å². The smallest absolute Gasteiger partial charge is 0.163 e. The fraction of sp³-hybridized carbons (Fsp3) is 1.00. The van der Waals surface area contributed by atoms with Gasteiger partial charge in [-0.2, -0.15) is 0 Å². The van der Waals surface area contributed by atoms with E-state index in [1.807, 2.05) is 0 Å². The summed E-state index contributed by atoms with van der Waals surface area (Å²) in [4.78, 5) is 0. The molecule has 2 N–H and O–H groups in total. The van der Waals surface area contributed by atoms with E-state index in [1.54, 1.807) is 0 Å². The first-order valence-corrected chi connectivity index (χ1v) is 4.44. The highest BCUT2D eigenvalue weighted by atomic mass is 16.8. The maximum absolute atomic E-state index is 5.37. The zero-order valence-corrected chi connectivity index (χ0v) is 7.33. The quantitative estimate of drug-likeness (QED) is 0.628. The third-order valence-corrected chi connectivity index (χ3v) is 1.82. The molecule has 0 aromatic heterocycles. The van der Waals surface area contributed by atoms with Crippen LogP contribution in [0.15, 0.2) is 0 Å². The largest absolute Gasteiger partial charge is 0.330 e. The molecule has 1 saturated heterocycles. The van der Waals surface area contributed by atoms with Crippen LogP contribution in [0.25, 0.3) is 0 Å². The Balaban J connectivity index is 1.91. The van der Waals surface area contributed by atoms with Gasteiger partial charge < -0.3 is 19.9 Å². The fourth-order valence-corrected chi connectivity index (χ4v) is 1.13. The normalized spacial score (nSPS) is 19.8. The van der Waals surface area contributed by atoms with Crippen molar-refractivity contribution in [3.05, 3.63) is 0 Å². The van der Waals surface area contributed by atoms with Gasteiger partial charge >= 0.3 is 0 Å². The molecule has 12 heavy (non-hydrogen) atoms. The molecule has 0 radical (unpaired) electrons. The van der Waals surface area contributed by atoms with Crippen molar-refractivity contribution in [3.63, 3.8) is 0 Å². The highest BCUT2D eigenvalue weighted by Crippen LogP contribution is 2.10. The van der Waals surface area contributed by atoms with Gasteiger partial charge in [-0.3, -0.25) is 0 Å². The second-order valence-electron chi connectivity index (χ2n) is 2.84. The summed E-state index contributed by atoms with van der Waals surface area (Å²) in [6.07, 6.45) is 4.24. The van der Waals surface area contributed by atoms with Crippen molar-refractivity contribution in [1.29, 1.82) is 0 Å². The van der Waals surface area contributed by atoms with Gasteiger partial charge in [0.1, 0.15) is 0 Å². The van der Waals surface area contributed by atoms with E-state index in [4.69, 9.17) is 19.9 Å². The topological polar surface area (TPSA) is 53.7 Å². The van der Waals surface area contributed by atoms with Crippen LogP contribution >= 0.6 is 0 Å². The minimum absolute atomic E-state index is 0.0588. The third kappa shape index (κ3) is 4.01. The summed E-state index contributed by atoms with van der Waals surface area (Å²) < 4.78 is 15.2. The lowest BCUT2D eigenvalue weighted by Gasteiger charge is -2.22. The van der Waals surface area contributed by atoms with Crippen LogP contribution in [0.3, 0.4) is 0 Å². The average molecular weight is 175 g/mol. The minimum Gasteiger partial charge on any atom is -0.330 e. The van der Waals surface area contributed by atoms with E-state index < -0.39 is 0 Å². The third-order valence-electron chi connectivity index (χ3n) is 1.82. The zero-order chi connectivity index (χ0) is 8.65. The molecule has 1 aliphatic heterocycles. The van der Waals surface area contributed by atoms with Crippen LogP contribution < -0.4 is 5.73 Å². The molecule has 1 fully saturated rings. The molecule has 0 bridgehead atoms. The van der Waals surface area contributed by atoms with Crippen LogP contribution in [0.2, 0.25) is 0 Å². The summed E-state index contributed by atoms with van der Waals surface area (Å²) in [5.74, 6) is 0. The van der Waals surface area contributed by atoms with Crippen LogP contribution in [0.5, 0.6) is 0 Å². The number of rotatable bonds is 5. The molecule has 0 aliphatic carbocycles. The Kier molecular flexibility index (Phi) is 5.27.